The molecule has 0 saturated carbocycles. The number of amides is 1. The number of nitrogens with two attached hydrogens (primary N) is 1. The van der Waals surface area contributed by atoms with E-state index in [1.807, 2.05) is 24.3 Å². The molecule has 1 amide bonds. The van der Waals surface area contributed by atoms with Gasteiger partial charge in [-0.15, -0.1) is 0 Å². The first-order valence-corrected chi connectivity index (χ1v) is 5.54. The number of carbonyl (C=O) groups is 1. The third kappa shape index (κ3) is 3.05. The molecule has 1 rings (SSSR count). The van der Waals surface area contributed by atoms with Crippen LogP contribution in [0, 0.1) is 0 Å². The first kappa shape index (κ1) is 13.7. The van der Waals surface area contributed by atoms with E-state index >= 15 is 0 Å². The summed E-state index contributed by atoms with van der Waals surface area (Å²) in [6.07, 6.45) is 0. The van der Waals surface area contributed by atoms with Crippen molar-refractivity contribution in [3.05, 3.63) is 29.8 Å². The zero-order valence-electron chi connectivity index (χ0n) is 10.9. The molecule has 0 unspecified atom stereocenters. The van der Waals surface area contributed by atoms with Crippen LogP contribution in [0.3, 0.4) is 0 Å². The third-order valence-electron chi connectivity index (χ3n) is 2.89. The van der Waals surface area contributed by atoms with Crippen molar-refractivity contribution in [2.75, 3.05) is 19.1 Å². The average Bonchev–Trinajstić information content (AvgIpc) is 2.37. The first-order valence-electron chi connectivity index (χ1n) is 5.54. The van der Waals surface area contributed by atoms with Gasteiger partial charge < -0.3 is 15.4 Å². The lowest BCUT2D eigenvalue weighted by molar-refractivity contribution is -0.136. The SMILES string of the molecule is COC(C)(C)C(=O)N(C)c1ccc(CN)cc1. The largest absolute Gasteiger partial charge is 0.369 e. The van der Waals surface area contributed by atoms with Crippen LogP contribution in [0.4, 0.5) is 5.69 Å². The zero-order chi connectivity index (χ0) is 13.1. The molecule has 0 aromatic heterocycles. The molecule has 94 valence electrons. The molecule has 4 nitrogen and oxygen atoms in total. The Morgan fingerprint density at radius 1 is 1.35 bits per heavy atom. The van der Waals surface area contributed by atoms with E-state index in [1.54, 1.807) is 25.8 Å². The second-order valence-electron chi connectivity index (χ2n) is 4.45. The zero-order valence-corrected chi connectivity index (χ0v) is 10.9. The van der Waals surface area contributed by atoms with Crippen LogP contribution >= 0.6 is 0 Å². The van der Waals surface area contributed by atoms with E-state index in [4.69, 9.17) is 10.5 Å². The Morgan fingerprint density at radius 2 is 1.88 bits per heavy atom. The van der Waals surface area contributed by atoms with Gasteiger partial charge in [-0.2, -0.15) is 0 Å². The summed E-state index contributed by atoms with van der Waals surface area (Å²) >= 11 is 0. The molecule has 0 fully saturated rings. The second-order valence-corrected chi connectivity index (χ2v) is 4.45. The fraction of sp³-hybridized carbons (Fsp3) is 0.462. The summed E-state index contributed by atoms with van der Waals surface area (Å²) < 4.78 is 5.18. The van der Waals surface area contributed by atoms with E-state index in [1.165, 1.54) is 7.11 Å². The summed E-state index contributed by atoms with van der Waals surface area (Å²) in [5.74, 6) is -0.0829. The van der Waals surface area contributed by atoms with Crippen LogP contribution in [0.2, 0.25) is 0 Å². The van der Waals surface area contributed by atoms with Gasteiger partial charge in [-0.05, 0) is 31.5 Å². The maximum atomic E-state index is 12.1. The third-order valence-corrected chi connectivity index (χ3v) is 2.89. The highest BCUT2D eigenvalue weighted by molar-refractivity contribution is 5.98. The number of benzene rings is 1. The highest BCUT2D eigenvalue weighted by atomic mass is 16.5. The summed E-state index contributed by atoms with van der Waals surface area (Å²) in [4.78, 5) is 13.7. The predicted molar refractivity (Wildman–Crippen MR) is 68.8 cm³/mol. The molecular weight excluding hydrogens is 216 g/mol. The van der Waals surface area contributed by atoms with Crippen molar-refractivity contribution in [1.29, 1.82) is 0 Å². The maximum Gasteiger partial charge on any atom is 0.258 e. The van der Waals surface area contributed by atoms with Gasteiger partial charge in [0, 0.05) is 26.4 Å². The van der Waals surface area contributed by atoms with Gasteiger partial charge in [-0.1, -0.05) is 12.1 Å². The normalized spacial score (nSPS) is 11.4. The molecule has 1 aromatic rings. The van der Waals surface area contributed by atoms with Gasteiger partial charge in [0.25, 0.3) is 5.91 Å². The molecule has 0 radical (unpaired) electrons. The van der Waals surface area contributed by atoms with Gasteiger partial charge in [0.2, 0.25) is 0 Å². The summed E-state index contributed by atoms with van der Waals surface area (Å²) in [5, 5.41) is 0. The van der Waals surface area contributed by atoms with Gasteiger partial charge in [0.15, 0.2) is 0 Å². The maximum absolute atomic E-state index is 12.1. The minimum absolute atomic E-state index is 0.0829. The molecule has 1 aromatic carbocycles. The number of rotatable bonds is 4. The van der Waals surface area contributed by atoms with Gasteiger partial charge in [-0.3, -0.25) is 4.79 Å². The molecule has 0 aliphatic heterocycles. The van der Waals surface area contributed by atoms with Crippen LogP contribution in [0.5, 0.6) is 0 Å². The van der Waals surface area contributed by atoms with Crippen LogP contribution < -0.4 is 10.6 Å². The van der Waals surface area contributed by atoms with Gasteiger partial charge >= 0.3 is 0 Å². The van der Waals surface area contributed by atoms with Crippen molar-refractivity contribution >= 4 is 11.6 Å². The Labute approximate surface area is 102 Å². The van der Waals surface area contributed by atoms with E-state index in [0.717, 1.165) is 11.3 Å². The lowest BCUT2D eigenvalue weighted by Gasteiger charge is -2.28. The minimum Gasteiger partial charge on any atom is -0.369 e. The highest BCUT2D eigenvalue weighted by Crippen LogP contribution is 2.19. The molecule has 0 saturated heterocycles. The average molecular weight is 236 g/mol. The van der Waals surface area contributed by atoms with Crippen molar-refractivity contribution in [1.82, 2.24) is 0 Å². The van der Waals surface area contributed by atoms with Gasteiger partial charge in [0.1, 0.15) is 5.60 Å². The predicted octanol–water partition coefficient (Wildman–Crippen LogP) is 1.53. The monoisotopic (exact) mass is 236 g/mol. The molecule has 17 heavy (non-hydrogen) atoms. The quantitative estimate of drug-likeness (QED) is 0.862. The van der Waals surface area contributed by atoms with Crippen LogP contribution in [-0.2, 0) is 16.1 Å². The number of hydrogen-bond acceptors (Lipinski definition) is 3. The summed E-state index contributed by atoms with van der Waals surface area (Å²) in [6, 6.07) is 7.59. The summed E-state index contributed by atoms with van der Waals surface area (Å²) in [7, 11) is 3.27. The minimum atomic E-state index is -0.818. The van der Waals surface area contributed by atoms with Crippen LogP contribution in [0.15, 0.2) is 24.3 Å². The molecule has 2 N–H and O–H groups in total. The Bertz CT molecular complexity index is 385. The Hall–Kier alpha value is -1.39. The van der Waals surface area contributed by atoms with Gasteiger partial charge in [0.05, 0.1) is 0 Å². The molecule has 0 spiro atoms. The van der Waals surface area contributed by atoms with E-state index < -0.39 is 5.60 Å². The number of anilines is 1. The van der Waals surface area contributed by atoms with E-state index in [-0.39, 0.29) is 5.91 Å². The summed E-state index contributed by atoms with van der Waals surface area (Å²) in [5.41, 5.74) is 6.58. The highest BCUT2D eigenvalue weighted by Gasteiger charge is 2.30. The molecular formula is C13H20N2O2. The molecule has 4 heteroatoms. The second kappa shape index (κ2) is 5.29. The van der Waals surface area contributed by atoms with E-state index in [2.05, 4.69) is 0 Å². The van der Waals surface area contributed by atoms with Crippen LogP contribution in [0.1, 0.15) is 19.4 Å². The standard InChI is InChI=1S/C13H20N2O2/c1-13(2,17-4)12(16)15(3)11-7-5-10(9-14)6-8-11/h5-8H,9,14H2,1-4H3. The molecule has 0 atom stereocenters. The number of methoxy groups -OCH3 is 1. The smallest absolute Gasteiger partial charge is 0.258 e. The fourth-order valence-electron chi connectivity index (χ4n) is 1.46. The van der Waals surface area contributed by atoms with Gasteiger partial charge in [-0.25, -0.2) is 0 Å². The lowest BCUT2D eigenvalue weighted by Crippen LogP contribution is -2.44. The number of hydrogen-bond donors (Lipinski definition) is 1. The van der Waals surface area contributed by atoms with Crippen molar-refractivity contribution in [2.24, 2.45) is 5.73 Å². The summed E-state index contributed by atoms with van der Waals surface area (Å²) in [6.45, 7) is 4.00. The Kier molecular flexibility index (Phi) is 4.26. The van der Waals surface area contributed by atoms with Crippen LogP contribution in [0.25, 0.3) is 0 Å². The number of ether oxygens (including phenoxy) is 1. The molecule has 0 bridgehead atoms. The van der Waals surface area contributed by atoms with E-state index in [9.17, 15) is 4.79 Å². The Morgan fingerprint density at radius 3 is 2.29 bits per heavy atom. The number of likely N-dealkylation sites (N-methyl/N-ethyl adjacent to an activating group) is 1. The topological polar surface area (TPSA) is 55.6 Å². The molecule has 0 heterocycles. The Balaban J connectivity index is 2.88. The lowest BCUT2D eigenvalue weighted by atomic mass is 10.1. The molecule has 0 aliphatic rings. The fourth-order valence-corrected chi connectivity index (χ4v) is 1.46. The van der Waals surface area contributed by atoms with Crippen molar-refractivity contribution in [3.63, 3.8) is 0 Å². The number of carbonyl (C=O) groups excluding carboxylic acids is 1. The van der Waals surface area contributed by atoms with E-state index in [0.29, 0.717) is 6.54 Å². The van der Waals surface area contributed by atoms with Crippen LogP contribution in [-0.4, -0.2) is 25.7 Å². The molecule has 0 aliphatic carbocycles. The van der Waals surface area contributed by atoms with Crippen molar-refractivity contribution < 1.29 is 9.53 Å². The van der Waals surface area contributed by atoms with Crippen molar-refractivity contribution in [2.45, 2.75) is 26.0 Å². The van der Waals surface area contributed by atoms with Crippen molar-refractivity contribution in [3.8, 4) is 0 Å². The first-order chi connectivity index (χ1) is 7.92. The number of nitrogens with zero attached hydrogens (tertiary/aromatic N) is 1.